The second-order valence-electron chi connectivity index (χ2n) is 4.86. The van der Waals surface area contributed by atoms with Crippen LogP contribution < -0.4 is 4.72 Å². The predicted octanol–water partition coefficient (Wildman–Crippen LogP) is 3.24. The molecule has 120 valence electrons. The highest BCUT2D eigenvalue weighted by molar-refractivity contribution is 7.91. The minimum Gasteiger partial charge on any atom is -0.396 e. The molecule has 0 aliphatic rings. The molecule has 0 spiro atoms. The Bertz CT molecular complexity index is 686. The maximum Gasteiger partial charge on any atom is 0.250 e. The number of sulfonamides is 1. The molecule has 0 aliphatic carbocycles. The van der Waals surface area contributed by atoms with E-state index in [-0.39, 0.29) is 16.7 Å². The van der Waals surface area contributed by atoms with Gasteiger partial charge >= 0.3 is 0 Å². The molecule has 1 aromatic heterocycles. The van der Waals surface area contributed by atoms with Crippen LogP contribution in [0.25, 0.3) is 0 Å². The van der Waals surface area contributed by atoms with Crippen molar-refractivity contribution in [1.82, 2.24) is 4.72 Å². The van der Waals surface area contributed by atoms with E-state index in [2.05, 4.69) is 4.72 Å². The summed E-state index contributed by atoms with van der Waals surface area (Å²) in [5.74, 6) is 0.126. The first kappa shape index (κ1) is 17.4. The number of aliphatic hydroxyl groups excluding tert-OH is 1. The number of hydrogen-bond acceptors (Lipinski definition) is 4. The van der Waals surface area contributed by atoms with Crippen LogP contribution in [-0.4, -0.2) is 26.7 Å². The monoisotopic (exact) mass is 359 g/mol. The van der Waals surface area contributed by atoms with Crippen LogP contribution in [0.3, 0.4) is 0 Å². The van der Waals surface area contributed by atoms with E-state index < -0.39 is 10.0 Å². The van der Waals surface area contributed by atoms with E-state index in [4.69, 9.17) is 11.6 Å². The molecule has 0 saturated carbocycles. The molecule has 0 fully saturated rings. The van der Waals surface area contributed by atoms with Crippen molar-refractivity contribution in [2.24, 2.45) is 0 Å². The van der Waals surface area contributed by atoms with E-state index in [0.717, 1.165) is 16.9 Å². The molecule has 0 saturated heterocycles. The number of benzene rings is 1. The van der Waals surface area contributed by atoms with Crippen molar-refractivity contribution in [2.45, 2.75) is 23.0 Å². The van der Waals surface area contributed by atoms with Gasteiger partial charge in [0.05, 0.1) is 4.34 Å². The zero-order valence-corrected chi connectivity index (χ0v) is 14.3. The minimum atomic E-state index is -3.51. The Kier molecular flexibility index (Phi) is 6.40. The van der Waals surface area contributed by atoms with Gasteiger partial charge in [0.1, 0.15) is 4.21 Å². The molecule has 1 atom stereocenters. The van der Waals surface area contributed by atoms with E-state index in [1.54, 1.807) is 6.07 Å². The number of hydrogen-bond donors (Lipinski definition) is 2. The smallest absolute Gasteiger partial charge is 0.250 e. The van der Waals surface area contributed by atoms with Gasteiger partial charge in [-0.3, -0.25) is 0 Å². The average molecular weight is 360 g/mol. The Morgan fingerprint density at radius 2 is 1.86 bits per heavy atom. The Morgan fingerprint density at radius 3 is 2.45 bits per heavy atom. The van der Waals surface area contributed by atoms with E-state index in [9.17, 15) is 13.5 Å². The highest BCUT2D eigenvalue weighted by Gasteiger charge is 2.17. The van der Waals surface area contributed by atoms with Crippen LogP contribution in [0.15, 0.2) is 46.7 Å². The molecule has 0 amide bonds. The van der Waals surface area contributed by atoms with Crippen LogP contribution >= 0.6 is 22.9 Å². The van der Waals surface area contributed by atoms with E-state index in [0.29, 0.717) is 23.7 Å². The third-order valence-corrected chi connectivity index (χ3v) is 6.53. The lowest BCUT2D eigenvalue weighted by Crippen LogP contribution is -2.25. The third kappa shape index (κ3) is 4.79. The fourth-order valence-electron chi connectivity index (χ4n) is 2.24. The van der Waals surface area contributed by atoms with E-state index >= 15 is 0 Å². The molecule has 0 radical (unpaired) electrons. The normalized spacial score (nSPS) is 13.2. The quantitative estimate of drug-likeness (QED) is 0.760. The largest absolute Gasteiger partial charge is 0.396 e. The molecule has 1 unspecified atom stereocenters. The van der Waals surface area contributed by atoms with Crippen molar-refractivity contribution in [1.29, 1.82) is 0 Å². The average Bonchev–Trinajstić information content (AvgIpc) is 2.95. The molecule has 4 nitrogen and oxygen atoms in total. The molecule has 0 bridgehead atoms. The molecule has 0 aliphatic heterocycles. The molecule has 2 N–H and O–H groups in total. The van der Waals surface area contributed by atoms with E-state index in [1.807, 2.05) is 30.3 Å². The highest BCUT2D eigenvalue weighted by atomic mass is 35.5. The number of rotatable bonds is 8. The second kappa shape index (κ2) is 8.08. The van der Waals surface area contributed by atoms with Crippen LogP contribution in [-0.2, 0) is 10.0 Å². The molecule has 1 aromatic carbocycles. The first-order chi connectivity index (χ1) is 10.5. The molecule has 2 aromatic rings. The molecule has 22 heavy (non-hydrogen) atoms. The minimum absolute atomic E-state index is 0.0762. The first-order valence-electron chi connectivity index (χ1n) is 6.94. The fraction of sp³-hybridized carbons (Fsp3) is 0.333. The van der Waals surface area contributed by atoms with Gasteiger partial charge in [-0.25, -0.2) is 13.1 Å². The summed E-state index contributed by atoms with van der Waals surface area (Å²) in [6, 6.07) is 12.9. The Morgan fingerprint density at radius 1 is 1.14 bits per heavy atom. The Hall–Kier alpha value is -0.920. The lowest BCUT2D eigenvalue weighted by Gasteiger charge is -2.16. The predicted molar refractivity (Wildman–Crippen MR) is 90.0 cm³/mol. The van der Waals surface area contributed by atoms with Crippen LogP contribution in [0.2, 0.25) is 4.34 Å². The van der Waals surface area contributed by atoms with Crippen molar-refractivity contribution >= 4 is 33.0 Å². The molecule has 7 heteroatoms. The molecule has 2 rings (SSSR count). The van der Waals surface area contributed by atoms with Gasteiger partial charge in [0.2, 0.25) is 10.0 Å². The van der Waals surface area contributed by atoms with E-state index in [1.165, 1.54) is 6.07 Å². The Balaban J connectivity index is 1.96. The lowest BCUT2D eigenvalue weighted by molar-refractivity contribution is 0.273. The summed E-state index contributed by atoms with van der Waals surface area (Å²) < 4.78 is 27.5. The topological polar surface area (TPSA) is 66.4 Å². The SMILES string of the molecule is O=S(=O)(NCCC(CCO)c1ccccc1)c1ccc(Cl)s1. The maximum absolute atomic E-state index is 12.1. The summed E-state index contributed by atoms with van der Waals surface area (Å²) in [4.78, 5) is 0. The number of nitrogens with one attached hydrogen (secondary N) is 1. The van der Waals surface area contributed by atoms with Gasteiger partial charge in [0, 0.05) is 13.2 Å². The first-order valence-corrected chi connectivity index (χ1v) is 9.61. The number of aliphatic hydroxyl groups is 1. The summed E-state index contributed by atoms with van der Waals surface area (Å²) >= 11 is 6.81. The number of halogens is 1. The maximum atomic E-state index is 12.1. The van der Waals surface area contributed by atoms with Crippen molar-refractivity contribution in [2.75, 3.05) is 13.2 Å². The molecule has 1 heterocycles. The van der Waals surface area contributed by atoms with Gasteiger partial charge < -0.3 is 5.11 Å². The van der Waals surface area contributed by atoms with Gasteiger partial charge in [-0.15, -0.1) is 11.3 Å². The highest BCUT2D eigenvalue weighted by Crippen LogP contribution is 2.26. The summed E-state index contributed by atoms with van der Waals surface area (Å²) in [7, 11) is -3.51. The summed E-state index contributed by atoms with van der Waals surface area (Å²) in [5.41, 5.74) is 1.11. The molecular formula is C15H18ClNO3S2. The number of thiophene rings is 1. The van der Waals surface area contributed by atoms with Crippen LogP contribution in [0, 0.1) is 0 Å². The van der Waals surface area contributed by atoms with Crippen molar-refractivity contribution in [3.8, 4) is 0 Å². The van der Waals surface area contributed by atoms with Crippen LogP contribution in [0.1, 0.15) is 24.3 Å². The van der Waals surface area contributed by atoms with Crippen molar-refractivity contribution < 1.29 is 13.5 Å². The zero-order chi connectivity index (χ0) is 16.0. The molecular weight excluding hydrogens is 342 g/mol. The summed E-state index contributed by atoms with van der Waals surface area (Å²) in [6.45, 7) is 0.393. The zero-order valence-electron chi connectivity index (χ0n) is 11.9. The third-order valence-electron chi connectivity index (χ3n) is 3.35. The lowest BCUT2D eigenvalue weighted by atomic mass is 9.93. The fourth-order valence-corrected chi connectivity index (χ4v) is 4.81. The standard InChI is InChI=1S/C15H18ClNO3S2/c16-14-6-7-15(21-14)22(19,20)17-10-8-13(9-11-18)12-4-2-1-3-5-12/h1-7,13,17-18H,8-11H2. The van der Waals surface area contributed by atoms with Crippen molar-refractivity contribution in [3.63, 3.8) is 0 Å². The summed E-state index contributed by atoms with van der Waals surface area (Å²) in [5, 5.41) is 9.19. The van der Waals surface area contributed by atoms with Gasteiger partial charge in [-0.1, -0.05) is 41.9 Å². The van der Waals surface area contributed by atoms with Gasteiger partial charge in [-0.2, -0.15) is 0 Å². The van der Waals surface area contributed by atoms with Crippen LogP contribution in [0.4, 0.5) is 0 Å². The second-order valence-corrected chi connectivity index (χ2v) is 8.57. The van der Waals surface area contributed by atoms with Crippen LogP contribution in [0.5, 0.6) is 0 Å². The van der Waals surface area contributed by atoms with Gasteiger partial charge in [0.25, 0.3) is 0 Å². The summed E-state index contributed by atoms with van der Waals surface area (Å²) in [6.07, 6.45) is 1.24. The van der Waals surface area contributed by atoms with Crippen molar-refractivity contribution in [3.05, 3.63) is 52.4 Å². The van der Waals surface area contributed by atoms with Gasteiger partial charge in [-0.05, 0) is 36.5 Å². The van der Waals surface area contributed by atoms with Gasteiger partial charge in [0.15, 0.2) is 0 Å². The Labute approximate surface area is 139 Å².